The van der Waals surface area contributed by atoms with Gasteiger partial charge in [0.1, 0.15) is 0 Å². The van der Waals surface area contributed by atoms with Gasteiger partial charge in [0.25, 0.3) is 11.8 Å². The smallest absolute Gasteiger partial charge is 0.343 e. The van der Waals surface area contributed by atoms with Crippen LogP contribution in [0.1, 0.15) is 21.5 Å². The van der Waals surface area contributed by atoms with Crippen LogP contribution in [0.5, 0.6) is 0 Å². The Morgan fingerprint density at radius 3 is 2.34 bits per heavy atom. The van der Waals surface area contributed by atoms with Crippen molar-refractivity contribution in [3.05, 3.63) is 83.4 Å². The zero-order valence-electron chi connectivity index (χ0n) is 15.0. The monoisotopic (exact) mass is 399 g/mol. The van der Waals surface area contributed by atoms with Crippen molar-refractivity contribution < 1.29 is 22.8 Å². The molecule has 2 N–H and O–H groups in total. The van der Waals surface area contributed by atoms with E-state index in [1.807, 2.05) is 30.3 Å². The normalized spacial score (nSPS) is 11.6. The number of amides is 2. The summed E-state index contributed by atoms with van der Waals surface area (Å²) >= 11 is 0. The van der Waals surface area contributed by atoms with Gasteiger partial charge in [-0.3, -0.25) is 9.59 Å². The molecule has 0 radical (unpaired) electrons. The number of benzene rings is 3. The average molecular weight is 399 g/mol. The summed E-state index contributed by atoms with van der Waals surface area (Å²) in [4.78, 5) is 24.2. The number of hydrazone groups is 1. The summed E-state index contributed by atoms with van der Waals surface area (Å²) in [5.74, 6) is -0.967. The SMILES string of the molecule is O=C(CNC(=O)c1cccc2ccccc12)N/N=C\c1ccc(C(F)(F)F)cc1. The van der Waals surface area contributed by atoms with E-state index in [1.165, 1.54) is 18.3 Å². The maximum Gasteiger partial charge on any atom is 0.416 e. The molecule has 0 heterocycles. The Bertz CT molecular complexity index is 1060. The van der Waals surface area contributed by atoms with Crippen LogP contribution in [0.15, 0.2) is 71.8 Å². The van der Waals surface area contributed by atoms with E-state index in [9.17, 15) is 22.8 Å². The van der Waals surface area contributed by atoms with Gasteiger partial charge in [-0.25, -0.2) is 5.43 Å². The fourth-order valence-corrected chi connectivity index (χ4v) is 2.66. The minimum atomic E-state index is -4.41. The first-order chi connectivity index (χ1) is 13.8. The molecule has 0 aliphatic rings. The fourth-order valence-electron chi connectivity index (χ4n) is 2.66. The highest BCUT2D eigenvalue weighted by Crippen LogP contribution is 2.28. The Kier molecular flexibility index (Phi) is 5.92. The lowest BCUT2D eigenvalue weighted by Gasteiger charge is -2.07. The van der Waals surface area contributed by atoms with Gasteiger partial charge in [-0.05, 0) is 34.5 Å². The van der Waals surface area contributed by atoms with Gasteiger partial charge < -0.3 is 5.32 Å². The molecule has 3 aromatic carbocycles. The number of carbonyl (C=O) groups is 2. The summed E-state index contributed by atoms with van der Waals surface area (Å²) in [6, 6.07) is 17.0. The summed E-state index contributed by atoms with van der Waals surface area (Å²) in [7, 11) is 0. The van der Waals surface area contributed by atoms with Crippen LogP contribution in [0.3, 0.4) is 0 Å². The number of halogens is 3. The number of hydrogen-bond donors (Lipinski definition) is 2. The number of nitrogens with zero attached hydrogens (tertiary/aromatic N) is 1. The van der Waals surface area contributed by atoms with Crippen LogP contribution < -0.4 is 10.7 Å². The molecule has 0 aliphatic heterocycles. The molecule has 29 heavy (non-hydrogen) atoms. The van der Waals surface area contributed by atoms with E-state index in [0.717, 1.165) is 22.9 Å². The summed E-state index contributed by atoms with van der Waals surface area (Å²) < 4.78 is 37.5. The Balaban J connectivity index is 1.53. The molecule has 0 fully saturated rings. The van der Waals surface area contributed by atoms with Gasteiger partial charge in [0.05, 0.1) is 18.3 Å². The maximum atomic E-state index is 12.5. The molecule has 3 rings (SSSR count). The van der Waals surface area contributed by atoms with Crippen LogP contribution in [0.4, 0.5) is 13.2 Å². The molecular weight excluding hydrogens is 383 g/mol. The van der Waals surface area contributed by atoms with Gasteiger partial charge in [0, 0.05) is 5.56 Å². The van der Waals surface area contributed by atoms with Crippen molar-refractivity contribution in [2.45, 2.75) is 6.18 Å². The van der Waals surface area contributed by atoms with Gasteiger partial charge in [0.2, 0.25) is 0 Å². The zero-order chi connectivity index (χ0) is 20.9. The number of nitrogens with one attached hydrogen (secondary N) is 2. The highest BCUT2D eigenvalue weighted by molar-refractivity contribution is 6.07. The lowest BCUT2D eigenvalue weighted by molar-refractivity contribution is -0.137. The van der Waals surface area contributed by atoms with E-state index in [1.54, 1.807) is 12.1 Å². The summed E-state index contributed by atoms with van der Waals surface area (Å²) in [6.07, 6.45) is -3.20. The molecule has 0 saturated carbocycles. The molecular formula is C21H16F3N3O2. The molecule has 0 aromatic heterocycles. The predicted octanol–water partition coefficient (Wildman–Crippen LogP) is 3.74. The van der Waals surface area contributed by atoms with Crippen LogP contribution in [0.2, 0.25) is 0 Å². The molecule has 0 saturated heterocycles. The summed E-state index contributed by atoms with van der Waals surface area (Å²) in [6.45, 7) is -0.299. The van der Waals surface area contributed by atoms with Crippen LogP contribution in [0, 0.1) is 0 Å². The van der Waals surface area contributed by atoms with E-state index < -0.39 is 23.6 Å². The highest BCUT2D eigenvalue weighted by Gasteiger charge is 2.29. The third-order valence-corrected chi connectivity index (χ3v) is 4.08. The number of alkyl halides is 3. The predicted molar refractivity (Wildman–Crippen MR) is 103 cm³/mol. The zero-order valence-corrected chi connectivity index (χ0v) is 15.0. The first kappa shape index (κ1) is 20.1. The van der Waals surface area contributed by atoms with Crippen molar-refractivity contribution in [1.82, 2.24) is 10.7 Å². The Hall–Kier alpha value is -3.68. The topological polar surface area (TPSA) is 70.6 Å². The Morgan fingerprint density at radius 1 is 0.931 bits per heavy atom. The second-order valence-corrected chi connectivity index (χ2v) is 6.12. The van der Waals surface area contributed by atoms with Crippen LogP contribution in [-0.4, -0.2) is 24.6 Å². The van der Waals surface area contributed by atoms with Crippen molar-refractivity contribution in [3.8, 4) is 0 Å². The van der Waals surface area contributed by atoms with Gasteiger partial charge in [-0.15, -0.1) is 0 Å². The van der Waals surface area contributed by atoms with Crippen molar-refractivity contribution in [2.24, 2.45) is 5.10 Å². The van der Waals surface area contributed by atoms with Crippen LogP contribution >= 0.6 is 0 Å². The molecule has 0 unspecified atom stereocenters. The van der Waals surface area contributed by atoms with E-state index in [0.29, 0.717) is 11.1 Å². The molecule has 0 bridgehead atoms. The molecule has 5 nitrogen and oxygen atoms in total. The van der Waals surface area contributed by atoms with E-state index in [2.05, 4.69) is 15.8 Å². The first-order valence-corrected chi connectivity index (χ1v) is 8.60. The van der Waals surface area contributed by atoms with Crippen molar-refractivity contribution in [1.29, 1.82) is 0 Å². The second-order valence-electron chi connectivity index (χ2n) is 6.12. The second kappa shape index (κ2) is 8.55. The average Bonchev–Trinajstić information content (AvgIpc) is 2.71. The van der Waals surface area contributed by atoms with Crippen LogP contribution in [0.25, 0.3) is 10.8 Å². The fraction of sp³-hybridized carbons (Fsp3) is 0.0952. The molecule has 8 heteroatoms. The number of fused-ring (bicyclic) bond motifs is 1. The van der Waals surface area contributed by atoms with Gasteiger partial charge in [0.15, 0.2) is 0 Å². The number of carbonyl (C=O) groups excluding carboxylic acids is 2. The van der Waals surface area contributed by atoms with Gasteiger partial charge in [-0.1, -0.05) is 48.5 Å². The molecule has 3 aromatic rings. The first-order valence-electron chi connectivity index (χ1n) is 8.60. The van der Waals surface area contributed by atoms with Gasteiger partial charge >= 0.3 is 6.18 Å². The van der Waals surface area contributed by atoms with E-state index in [-0.39, 0.29) is 6.54 Å². The molecule has 0 spiro atoms. The Morgan fingerprint density at radius 2 is 1.62 bits per heavy atom. The molecule has 2 amide bonds. The lowest BCUT2D eigenvalue weighted by atomic mass is 10.0. The lowest BCUT2D eigenvalue weighted by Crippen LogP contribution is -2.35. The van der Waals surface area contributed by atoms with E-state index in [4.69, 9.17) is 0 Å². The quantitative estimate of drug-likeness (QED) is 0.507. The minimum Gasteiger partial charge on any atom is -0.343 e. The largest absolute Gasteiger partial charge is 0.416 e. The summed E-state index contributed by atoms with van der Waals surface area (Å²) in [5, 5.41) is 7.87. The molecule has 0 atom stereocenters. The number of rotatable bonds is 5. The number of hydrogen-bond acceptors (Lipinski definition) is 3. The third kappa shape index (κ3) is 5.19. The third-order valence-electron chi connectivity index (χ3n) is 4.08. The standard InChI is InChI=1S/C21H16F3N3O2/c22-21(23,24)16-10-8-14(9-11-16)12-26-27-19(28)13-25-20(29)18-7-3-5-15-4-1-2-6-17(15)18/h1-12H,13H2,(H,25,29)(H,27,28)/b26-12-. The minimum absolute atomic E-state index is 0.299. The van der Waals surface area contributed by atoms with Crippen molar-refractivity contribution in [2.75, 3.05) is 6.54 Å². The Labute approximate surface area is 164 Å². The maximum absolute atomic E-state index is 12.5. The van der Waals surface area contributed by atoms with Gasteiger partial charge in [-0.2, -0.15) is 18.3 Å². The van der Waals surface area contributed by atoms with Crippen molar-refractivity contribution >= 4 is 28.8 Å². The molecule has 148 valence electrons. The van der Waals surface area contributed by atoms with Crippen molar-refractivity contribution in [3.63, 3.8) is 0 Å². The molecule has 0 aliphatic carbocycles. The van der Waals surface area contributed by atoms with E-state index >= 15 is 0 Å². The van der Waals surface area contributed by atoms with Crippen LogP contribution in [-0.2, 0) is 11.0 Å². The summed E-state index contributed by atoms with van der Waals surface area (Å²) in [5.41, 5.74) is 2.28. The highest BCUT2D eigenvalue weighted by atomic mass is 19.4.